The van der Waals surface area contributed by atoms with E-state index in [0.29, 0.717) is 24.7 Å². The molecule has 7 heteroatoms. The van der Waals surface area contributed by atoms with E-state index in [9.17, 15) is 14.0 Å². The number of carbonyl (C=O) groups is 2. The number of hydrogen-bond donors (Lipinski definition) is 1. The summed E-state index contributed by atoms with van der Waals surface area (Å²) in [5.74, 6) is -0.513. The molecule has 1 aromatic carbocycles. The van der Waals surface area contributed by atoms with Gasteiger partial charge in [0.1, 0.15) is 5.82 Å². The minimum absolute atomic E-state index is 0.0574. The maximum absolute atomic E-state index is 13.9. The number of hydrogen-bond acceptors (Lipinski definition) is 3. The van der Waals surface area contributed by atoms with E-state index in [2.05, 4.69) is 16.4 Å². The number of halogens is 1. The van der Waals surface area contributed by atoms with Gasteiger partial charge in [-0.1, -0.05) is 6.07 Å². The normalized spacial score (nSPS) is 14.6. The van der Waals surface area contributed by atoms with Crippen molar-refractivity contribution >= 4 is 17.6 Å². The van der Waals surface area contributed by atoms with Crippen LogP contribution in [0.25, 0.3) is 0 Å². The number of likely N-dealkylation sites (tertiary alicyclic amines) is 1. The monoisotopic (exact) mass is 384 g/mol. The number of benzene rings is 1. The Morgan fingerprint density at radius 3 is 2.64 bits per heavy atom. The lowest BCUT2D eigenvalue weighted by atomic mass is 9.91. The first-order valence-electron chi connectivity index (χ1n) is 9.40. The molecule has 3 amide bonds. The van der Waals surface area contributed by atoms with Crippen LogP contribution in [0.3, 0.4) is 0 Å². The molecule has 0 spiro atoms. The zero-order chi connectivity index (χ0) is 20.1. The third-order valence-corrected chi connectivity index (χ3v) is 5.00. The molecule has 28 heavy (non-hydrogen) atoms. The van der Waals surface area contributed by atoms with Crippen LogP contribution in [0.1, 0.15) is 28.8 Å². The number of urea groups is 1. The maximum atomic E-state index is 13.9. The largest absolute Gasteiger partial charge is 0.345 e. The summed E-state index contributed by atoms with van der Waals surface area (Å²) in [5, 5.41) is 2.78. The number of piperidine rings is 1. The van der Waals surface area contributed by atoms with Crippen LogP contribution in [0.5, 0.6) is 0 Å². The zero-order valence-corrected chi connectivity index (χ0v) is 16.2. The first-order valence-corrected chi connectivity index (χ1v) is 9.40. The molecule has 0 atom stereocenters. The quantitative estimate of drug-likeness (QED) is 0.879. The number of rotatable bonds is 4. The Kier molecular flexibility index (Phi) is 6.23. The molecule has 1 aliphatic rings. The summed E-state index contributed by atoms with van der Waals surface area (Å²) < 4.78 is 13.9. The molecule has 0 aliphatic carbocycles. The Bertz CT molecular complexity index is 834. The standard InChI is InChI=1S/C21H25FN4O2/c1-25(2)20(27)18-13-17(5-6-19(18)22)24-21(28)26-10-7-15(8-11-26)12-16-4-3-9-23-14-16/h3-6,9,13-15H,7-8,10-12H2,1-2H3,(H,24,28). The second-order valence-corrected chi connectivity index (χ2v) is 7.32. The molecule has 6 nitrogen and oxygen atoms in total. The van der Waals surface area contributed by atoms with Gasteiger partial charge >= 0.3 is 6.03 Å². The molecule has 1 aliphatic heterocycles. The van der Waals surface area contributed by atoms with Gasteiger partial charge in [-0.25, -0.2) is 9.18 Å². The van der Waals surface area contributed by atoms with Crippen LogP contribution in [-0.2, 0) is 6.42 Å². The van der Waals surface area contributed by atoms with E-state index < -0.39 is 11.7 Å². The third-order valence-electron chi connectivity index (χ3n) is 5.00. The van der Waals surface area contributed by atoms with Crippen LogP contribution >= 0.6 is 0 Å². The van der Waals surface area contributed by atoms with Gasteiger partial charge in [-0.05, 0) is 55.0 Å². The molecule has 0 saturated carbocycles. The topological polar surface area (TPSA) is 65.5 Å². The number of aromatic nitrogens is 1. The van der Waals surface area contributed by atoms with Crippen molar-refractivity contribution in [3.8, 4) is 0 Å². The average Bonchev–Trinajstić information content (AvgIpc) is 2.70. The highest BCUT2D eigenvalue weighted by Gasteiger charge is 2.23. The smallest absolute Gasteiger partial charge is 0.321 e. The predicted octanol–water partition coefficient (Wildman–Crippen LogP) is 3.41. The van der Waals surface area contributed by atoms with E-state index in [-0.39, 0.29) is 11.6 Å². The average molecular weight is 384 g/mol. The number of nitrogens with one attached hydrogen (secondary N) is 1. The van der Waals surface area contributed by atoms with E-state index in [1.54, 1.807) is 25.2 Å². The Balaban J connectivity index is 1.56. The molecular weight excluding hydrogens is 359 g/mol. The zero-order valence-electron chi connectivity index (χ0n) is 16.2. The number of carbonyl (C=O) groups excluding carboxylic acids is 2. The lowest BCUT2D eigenvalue weighted by molar-refractivity contribution is 0.0823. The van der Waals surface area contributed by atoms with E-state index in [1.165, 1.54) is 28.7 Å². The molecule has 3 rings (SSSR count). The van der Waals surface area contributed by atoms with Crippen LogP contribution in [0.15, 0.2) is 42.7 Å². The van der Waals surface area contributed by atoms with Crippen molar-refractivity contribution in [2.24, 2.45) is 5.92 Å². The fraction of sp³-hybridized carbons (Fsp3) is 0.381. The van der Waals surface area contributed by atoms with Gasteiger partial charge < -0.3 is 15.1 Å². The van der Waals surface area contributed by atoms with Gasteiger partial charge in [0, 0.05) is 45.3 Å². The van der Waals surface area contributed by atoms with E-state index in [4.69, 9.17) is 0 Å². The fourth-order valence-electron chi connectivity index (χ4n) is 3.40. The summed E-state index contributed by atoms with van der Waals surface area (Å²) in [6.45, 7) is 1.34. The van der Waals surface area contributed by atoms with Gasteiger partial charge in [0.05, 0.1) is 5.56 Å². The van der Waals surface area contributed by atoms with Crippen LogP contribution in [0.4, 0.5) is 14.9 Å². The van der Waals surface area contributed by atoms with Crippen molar-refractivity contribution in [2.75, 3.05) is 32.5 Å². The summed E-state index contributed by atoms with van der Waals surface area (Å²) in [6.07, 6.45) is 6.48. The van der Waals surface area contributed by atoms with Crippen LogP contribution in [0.2, 0.25) is 0 Å². The Labute approximate surface area is 164 Å². The second kappa shape index (κ2) is 8.82. The third kappa shape index (κ3) is 4.85. The highest BCUT2D eigenvalue weighted by molar-refractivity contribution is 5.96. The molecule has 0 unspecified atom stereocenters. The highest BCUT2D eigenvalue weighted by atomic mass is 19.1. The summed E-state index contributed by atoms with van der Waals surface area (Å²) in [6, 6.07) is 7.84. The lowest BCUT2D eigenvalue weighted by Gasteiger charge is -2.32. The van der Waals surface area contributed by atoms with Crippen molar-refractivity contribution in [1.29, 1.82) is 0 Å². The molecule has 2 aromatic rings. The van der Waals surface area contributed by atoms with E-state index in [0.717, 1.165) is 19.3 Å². The molecule has 148 valence electrons. The van der Waals surface area contributed by atoms with Gasteiger partial charge in [0.2, 0.25) is 0 Å². The Morgan fingerprint density at radius 2 is 2.00 bits per heavy atom. The molecular formula is C21H25FN4O2. The second-order valence-electron chi connectivity index (χ2n) is 7.32. The summed E-state index contributed by atoms with van der Waals surface area (Å²) in [5.41, 5.74) is 1.57. The van der Waals surface area contributed by atoms with Gasteiger partial charge in [0.25, 0.3) is 5.91 Å². The molecule has 1 aromatic heterocycles. The van der Waals surface area contributed by atoms with Crippen molar-refractivity contribution < 1.29 is 14.0 Å². The van der Waals surface area contributed by atoms with Crippen LogP contribution in [-0.4, -0.2) is 53.9 Å². The minimum Gasteiger partial charge on any atom is -0.345 e. The van der Waals surface area contributed by atoms with Gasteiger partial charge in [-0.3, -0.25) is 9.78 Å². The SMILES string of the molecule is CN(C)C(=O)c1cc(NC(=O)N2CCC(Cc3cccnc3)CC2)ccc1F. The molecule has 1 saturated heterocycles. The number of anilines is 1. The molecule has 0 bridgehead atoms. The van der Waals surface area contributed by atoms with Crippen molar-refractivity contribution in [1.82, 2.24) is 14.8 Å². The molecule has 2 heterocycles. The summed E-state index contributed by atoms with van der Waals surface area (Å²) in [4.78, 5) is 31.8. The van der Waals surface area contributed by atoms with Gasteiger partial charge in [-0.2, -0.15) is 0 Å². The Morgan fingerprint density at radius 1 is 1.25 bits per heavy atom. The first-order chi connectivity index (χ1) is 13.4. The summed E-state index contributed by atoms with van der Waals surface area (Å²) >= 11 is 0. The van der Waals surface area contributed by atoms with Crippen molar-refractivity contribution in [3.63, 3.8) is 0 Å². The number of pyridine rings is 1. The number of amides is 3. The lowest BCUT2D eigenvalue weighted by Crippen LogP contribution is -2.41. The number of nitrogens with zero attached hydrogens (tertiary/aromatic N) is 3. The predicted molar refractivity (Wildman–Crippen MR) is 106 cm³/mol. The van der Waals surface area contributed by atoms with Gasteiger partial charge in [-0.15, -0.1) is 0 Å². The molecule has 0 radical (unpaired) electrons. The van der Waals surface area contributed by atoms with E-state index in [1.807, 2.05) is 12.3 Å². The first kappa shape index (κ1) is 19.8. The fourth-order valence-corrected chi connectivity index (χ4v) is 3.40. The Hall–Kier alpha value is -2.96. The van der Waals surface area contributed by atoms with Crippen molar-refractivity contribution in [2.45, 2.75) is 19.3 Å². The van der Waals surface area contributed by atoms with E-state index >= 15 is 0 Å². The maximum Gasteiger partial charge on any atom is 0.321 e. The minimum atomic E-state index is -0.604. The molecule has 1 N–H and O–H groups in total. The van der Waals surface area contributed by atoms with Crippen LogP contribution < -0.4 is 5.32 Å². The molecule has 1 fully saturated rings. The van der Waals surface area contributed by atoms with Crippen LogP contribution in [0, 0.1) is 11.7 Å². The summed E-state index contributed by atoms with van der Waals surface area (Å²) in [7, 11) is 3.12. The van der Waals surface area contributed by atoms with Crippen molar-refractivity contribution in [3.05, 3.63) is 59.7 Å². The van der Waals surface area contributed by atoms with Gasteiger partial charge in [0.15, 0.2) is 0 Å². The highest BCUT2D eigenvalue weighted by Crippen LogP contribution is 2.22.